The smallest absolute Gasteiger partial charge is 0.200 e. The van der Waals surface area contributed by atoms with E-state index in [1.165, 1.54) is 6.92 Å². The van der Waals surface area contributed by atoms with Crippen LogP contribution in [0.25, 0.3) is 16.7 Å². The largest absolute Gasteiger partial charge is 0.508 e. The molecule has 1 aromatic heterocycles. The van der Waals surface area contributed by atoms with Crippen molar-refractivity contribution in [2.45, 2.75) is 20.4 Å². The van der Waals surface area contributed by atoms with Crippen LogP contribution in [0.3, 0.4) is 0 Å². The van der Waals surface area contributed by atoms with Crippen molar-refractivity contribution in [1.29, 1.82) is 0 Å². The molecule has 1 N–H and O–H groups in total. The lowest BCUT2D eigenvalue weighted by atomic mass is 10.1. The lowest BCUT2D eigenvalue weighted by Gasteiger charge is -2.11. The van der Waals surface area contributed by atoms with Gasteiger partial charge in [-0.1, -0.05) is 6.58 Å². The number of nitrogens with zero attached hydrogens (tertiary/aromatic N) is 1. The molecule has 0 saturated heterocycles. The van der Waals surface area contributed by atoms with E-state index in [-0.39, 0.29) is 22.5 Å². The van der Waals surface area contributed by atoms with Crippen molar-refractivity contribution in [2.24, 2.45) is 0 Å². The van der Waals surface area contributed by atoms with E-state index in [1.807, 2.05) is 11.5 Å². The fourth-order valence-corrected chi connectivity index (χ4v) is 2.08. The molecule has 19 heavy (non-hydrogen) atoms. The lowest BCUT2D eigenvalue weighted by Crippen LogP contribution is -2.14. The van der Waals surface area contributed by atoms with Gasteiger partial charge in [0.2, 0.25) is 0 Å². The molecule has 0 amide bonds. The number of aliphatic hydroxyl groups excluding tert-OH is 1. The third-order valence-electron chi connectivity index (χ3n) is 3.14. The number of rotatable bonds is 3. The molecule has 0 bridgehead atoms. The number of aryl methyl sites for hydroxylation is 1. The Morgan fingerprint density at radius 2 is 2.11 bits per heavy atom. The Balaban J connectivity index is 2.92. The molecule has 0 aliphatic carbocycles. The van der Waals surface area contributed by atoms with E-state index in [1.54, 1.807) is 24.4 Å². The van der Waals surface area contributed by atoms with Gasteiger partial charge in [-0.2, -0.15) is 0 Å². The summed E-state index contributed by atoms with van der Waals surface area (Å²) in [5.41, 5.74) is 1.07. The van der Waals surface area contributed by atoms with E-state index in [2.05, 4.69) is 6.58 Å². The van der Waals surface area contributed by atoms with E-state index in [0.717, 1.165) is 5.52 Å². The third kappa shape index (κ3) is 2.17. The minimum absolute atomic E-state index is 0.0995. The minimum Gasteiger partial charge on any atom is -0.508 e. The molecule has 0 aliphatic heterocycles. The fourth-order valence-electron chi connectivity index (χ4n) is 2.08. The molecular formula is C15H15NO3. The van der Waals surface area contributed by atoms with Crippen LogP contribution in [0.2, 0.25) is 0 Å². The molecular weight excluding hydrogens is 242 g/mol. The van der Waals surface area contributed by atoms with Gasteiger partial charge in [-0.3, -0.25) is 9.59 Å². The Morgan fingerprint density at radius 3 is 2.63 bits per heavy atom. The van der Waals surface area contributed by atoms with Gasteiger partial charge < -0.3 is 9.67 Å². The number of benzene rings is 1. The average Bonchev–Trinajstić information content (AvgIpc) is 2.38. The molecule has 0 radical (unpaired) electrons. The van der Waals surface area contributed by atoms with E-state index < -0.39 is 0 Å². The molecule has 0 aliphatic rings. The predicted molar refractivity (Wildman–Crippen MR) is 75.5 cm³/mol. The normalized spacial score (nSPS) is 10.6. The molecule has 0 saturated carbocycles. The van der Waals surface area contributed by atoms with Crippen molar-refractivity contribution in [3.63, 3.8) is 0 Å². The number of carbonyl (C=O) groups excluding carboxylic acids is 1. The Kier molecular flexibility index (Phi) is 3.25. The lowest BCUT2D eigenvalue weighted by molar-refractivity contribution is 0.101. The molecule has 2 rings (SSSR count). The van der Waals surface area contributed by atoms with Crippen LogP contribution in [-0.4, -0.2) is 15.5 Å². The number of ketones is 1. The molecule has 1 heterocycles. The van der Waals surface area contributed by atoms with Crippen LogP contribution >= 0.6 is 0 Å². The number of aromatic nitrogens is 1. The molecule has 0 spiro atoms. The number of hydrogen-bond acceptors (Lipinski definition) is 3. The summed E-state index contributed by atoms with van der Waals surface area (Å²) in [7, 11) is 0. The third-order valence-corrected chi connectivity index (χ3v) is 3.14. The Morgan fingerprint density at radius 1 is 1.42 bits per heavy atom. The maximum Gasteiger partial charge on any atom is 0.200 e. The first-order chi connectivity index (χ1) is 8.95. The SMILES string of the molecule is C=C(O)c1cn(CC)c2ccc(C(C)=O)cc2c1=O. The maximum absolute atomic E-state index is 12.3. The predicted octanol–water partition coefficient (Wildman–Crippen LogP) is 2.75. The van der Waals surface area contributed by atoms with Crippen LogP contribution in [0.5, 0.6) is 0 Å². The second-order valence-electron chi connectivity index (χ2n) is 4.39. The number of aliphatic hydroxyl groups is 1. The standard InChI is InChI=1S/C15H15NO3/c1-4-16-8-13(10(3)18)15(19)12-7-11(9(2)17)5-6-14(12)16/h5-8,18H,3-4H2,1-2H3. The van der Waals surface area contributed by atoms with Crippen molar-refractivity contribution in [3.8, 4) is 0 Å². The number of Topliss-reactive ketones (excluding diaryl/α,β-unsaturated/α-hetero) is 1. The first-order valence-corrected chi connectivity index (χ1v) is 6.02. The van der Waals surface area contributed by atoms with E-state index in [4.69, 9.17) is 0 Å². The zero-order valence-corrected chi connectivity index (χ0v) is 10.9. The van der Waals surface area contributed by atoms with E-state index in [9.17, 15) is 14.7 Å². The summed E-state index contributed by atoms with van der Waals surface area (Å²) in [5.74, 6) is -0.361. The molecule has 0 fully saturated rings. The van der Waals surface area contributed by atoms with Crippen molar-refractivity contribution in [3.05, 3.63) is 52.3 Å². The van der Waals surface area contributed by atoms with Gasteiger partial charge in [-0.05, 0) is 32.0 Å². The summed E-state index contributed by atoms with van der Waals surface area (Å²) < 4.78 is 1.84. The quantitative estimate of drug-likeness (QED) is 0.679. The Bertz CT molecular complexity index is 741. The maximum atomic E-state index is 12.3. The van der Waals surface area contributed by atoms with Gasteiger partial charge >= 0.3 is 0 Å². The number of fused-ring (bicyclic) bond motifs is 1. The highest BCUT2D eigenvalue weighted by Crippen LogP contribution is 2.17. The molecule has 4 heteroatoms. The van der Waals surface area contributed by atoms with Gasteiger partial charge in [0.25, 0.3) is 0 Å². The molecule has 2 aromatic rings. The van der Waals surface area contributed by atoms with Crippen LogP contribution in [0.4, 0.5) is 0 Å². The highest BCUT2D eigenvalue weighted by molar-refractivity contribution is 5.98. The van der Waals surface area contributed by atoms with E-state index in [0.29, 0.717) is 17.5 Å². The van der Waals surface area contributed by atoms with Gasteiger partial charge in [0, 0.05) is 23.7 Å². The average molecular weight is 257 g/mol. The van der Waals surface area contributed by atoms with Gasteiger partial charge in [0.15, 0.2) is 11.2 Å². The molecule has 0 atom stereocenters. The molecule has 4 nitrogen and oxygen atoms in total. The van der Waals surface area contributed by atoms with Crippen LogP contribution < -0.4 is 5.43 Å². The van der Waals surface area contributed by atoms with Crippen LogP contribution in [0.15, 0.2) is 35.8 Å². The van der Waals surface area contributed by atoms with Crippen LogP contribution in [-0.2, 0) is 6.54 Å². The van der Waals surface area contributed by atoms with Gasteiger partial charge in [-0.25, -0.2) is 0 Å². The van der Waals surface area contributed by atoms with Crippen molar-refractivity contribution >= 4 is 22.4 Å². The Hall–Kier alpha value is -2.36. The summed E-state index contributed by atoms with van der Waals surface area (Å²) >= 11 is 0. The second-order valence-corrected chi connectivity index (χ2v) is 4.39. The summed E-state index contributed by atoms with van der Waals surface area (Å²) in [6.07, 6.45) is 1.58. The van der Waals surface area contributed by atoms with Gasteiger partial charge in [0.05, 0.1) is 11.1 Å². The Labute approximate surface area is 110 Å². The van der Waals surface area contributed by atoms with Crippen molar-refractivity contribution < 1.29 is 9.90 Å². The highest BCUT2D eigenvalue weighted by atomic mass is 16.3. The van der Waals surface area contributed by atoms with Crippen molar-refractivity contribution in [1.82, 2.24) is 4.57 Å². The summed E-state index contributed by atoms with van der Waals surface area (Å²) in [5, 5.41) is 9.91. The molecule has 1 aromatic carbocycles. The summed E-state index contributed by atoms with van der Waals surface area (Å²) in [4.78, 5) is 23.7. The van der Waals surface area contributed by atoms with Gasteiger partial charge in [0.1, 0.15) is 5.76 Å². The minimum atomic E-state index is -0.310. The first kappa shape index (κ1) is 13.1. The first-order valence-electron chi connectivity index (χ1n) is 6.02. The zero-order chi connectivity index (χ0) is 14.2. The summed E-state index contributed by atoms with van der Waals surface area (Å²) in [6, 6.07) is 5.02. The monoisotopic (exact) mass is 257 g/mol. The second kappa shape index (κ2) is 4.72. The van der Waals surface area contributed by atoms with Crippen LogP contribution in [0, 0.1) is 0 Å². The topological polar surface area (TPSA) is 59.3 Å². The number of hydrogen-bond donors (Lipinski definition) is 1. The molecule has 0 unspecified atom stereocenters. The number of pyridine rings is 1. The zero-order valence-electron chi connectivity index (χ0n) is 10.9. The summed E-state index contributed by atoms with van der Waals surface area (Å²) in [6.45, 7) is 7.44. The van der Waals surface area contributed by atoms with Gasteiger partial charge in [-0.15, -0.1) is 0 Å². The van der Waals surface area contributed by atoms with Crippen LogP contribution in [0.1, 0.15) is 29.8 Å². The van der Waals surface area contributed by atoms with E-state index >= 15 is 0 Å². The highest BCUT2D eigenvalue weighted by Gasteiger charge is 2.12. The molecule has 98 valence electrons. The van der Waals surface area contributed by atoms with Crippen molar-refractivity contribution in [2.75, 3.05) is 0 Å². The number of carbonyl (C=O) groups is 1. The fraction of sp³-hybridized carbons (Fsp3) is 0.200.